The normalized spacial score (nSPS) is 16.3. The molecule has 0 aromatic carbocycles. The molecule has 3 N–H and O–H groups in total. The SMILES string of the molecule is Cc1[nH]ncc1CCCNS(=O)(=O)NC1CC1. The van der Waals surface area contributed by atoms with E-state index in [2.05, 4.69) is 19.6 Å². The van der Waals surface area contributed by atoms with Crippen molar-refractivity contribution in [1.82, 2.24) is 19.6 Å². The van der Waals surface area contributed by atoms with Gasteiger partial charge in [-0.25, -0.2) is 4.72 Å². The fourth-order valence-electron chi connectivity index (χ4n) is 1.58. The van der Waals surface area contributed by atoms with Gasteiger partial charge in [-0.2, -0.15) is 18.2 Å². The van der Waals surface area contributed by atoms with Crippen molar-refractivity contribution in [3.63, 3.8) is 0 Å². The molecule has 0 atom stereocenters. The zero-order valence-corrected chi connectivity index (χ0v) is 10.7. The summed E-state index contributed by atoms with van der Waals surface area (Å²) < 4.78 is 28.1. The molecule has 1 aromatic rings. The summed E-state index contributed by atoms with van der Waals surface area (Å²) in [6.45, 7) is 2.41. The largest absolute Gasteiger partial charge is 0.283 e. The molecule has 1 fully saturated rings. The maximum Gasteiger partial charge on any atom is 0.277 e. The van der Waals surface area contributed by atoms with E-state index in [0.717, 1.165) is 36.9 Å². The number of nitrogens with one attached hydrogen (secondary N) is 3. The molecule has 0 saturated heterocycles. The second kappa shape index (κ2) is 5.16. The van der Waals surface area contributed by atoms with Gasteiger partial charge in [-0.3, -0.25) is 5.10 Å². The molecule has 17 heavy (non-hydrogen) atoms. The van der Waals surface area contributed by atoms with E-state index in [-0.39, 0.29) is 6.04 Å². The van der Waals surface area contributed by atoms with Crippen LogP contribution in [0.1, 0.15) is 30.5 Å². The molecule has 0 unspecified atom stereocenters. The van der Waals surface area contributed by atoms with E-state index in [1.807, 2.05) is 6.92 Å². The first-order valence-electron chi connectivity index (χ1n) is 5.82. The maximum atomic E-state index is 11.5. The topological polar surface area (TPSA) is 86.9 Å². The van der Waals surface area contributed by atoms with Crippen molar-refractivity contribution >= 4 is 10.2 Å². The van der Waals surface area contributed by atoms with Gasteiger partial charge in [-0.15, -0.1) is 0 Å². The van der Waals surface area contributed by atoms with Gasteiger partial charge in [0.1, 0.15) is 0 Å². The summed E-state index contributed by atoms with van der Waals surface area (Å²) in [7, 11) is -3.29. The average molecular weight is 258 g/mol. The maximum absolute atomic E-state index is 11.5. The molecule has 0 bridgehead atoms. The van der Waals surface area contributed by atoms with Gasteiger partial charge in [-0.05, 0) is 38.2 Å². The second-order valence-corrected chi connectivity index (χ2v) is 5.94. The number of aromatic nitrogens is 2. The Hall–Kier alpha value is -0.920. The minimum absolute atomic E-state index is 0.156. The van der Waals surface area contributed by atoms with Crippen LogP contribution < -0.4 is 9.44 Å². The third-order valence-corrected chi connectivity index (χ3v) is 3.98. The summed E-state index contributed by atoms with van der Waals surface area (Å²) in [6.07, 6.45) is 5.29. The van der Waals surface area contributed by atoms with Crippen molar-refractivity contribution in [2.24, 2.45) is 0 Å². The fourth-order valence-corrected chi connectivity index (χ4v) is 2.75. The van der Waals surface area contributed by atoms with Crippen LogP contribution in [0.5, 0.6) is 0 Å². The van der Waals surface area contributed by atoms with Crippen LogP contribution in [0.2, 0.25) is 0 Å². The smallest absolute Gasteiger partial charge is 0.277 e. The van der Waals surface area contributed by atoms with Crippen molar-refractivity contribution < 1.29 is 8.42 Å². The van der Waals surface area contributed by atoms with Crippen molar-refractivity contribution in [2.75, 3.05) is 6.54 Å². The van der Waals surface area contributed by atoms with Crippen LogP contribution in [-0.4, -0.2) is 31.2 Å². The average Bonchev–Trinajstić information content (AvgIpc) is 2.95. The number of nitrogens with zero attached hydrogens (tertiary/aromatic N) is 1. The molecule has 6 nitrogen and oxygen atoms in total. The summed E-state index contributed by atoms with van der Waals surface area (Å²) in [5, 5.41) is 6.78. The van der Waals surface area contributed by atoms with Gasteiger partial charge in [0.25, 0.3) is 10.2 Å². The minimum Gasteiger partial charge on any atom is -0.283 e. The lowest BCUT2D eigenvalue weighted by molar-refractivity contribution is 0.563. The van der Waals surface area contributed by atoms with E-state index in [1.165, 1.54) is 0 Å². The van der Waals surface area contributed by atoms with Crippen LogP contribution in [0, 0.1) is 6.92 Å². The highest BCUT2D eigenvalue weighted by molar-refractivity contribution is 7.87. The highest BCUT2D eigenvalue weighted by Gasteiger charge is 2.26. The van der Waals surface area contributed by atoms with Crippen LogP contribution in [0.15, 0.2) is 6.20 Å². The first kappa shape index (κ1) is 12.5. The first-order valence-corrected chi connectivity index (χ1v) is 7.31. The van der Waals surface area contributed by atoms with Crippen molar-refractivity contribution in [3.05, 3.63) is 17.5 Å². The lowest BCUT2D eigenvalue weighted by Crippen LogP contribution is -2.38. The second-order valence-electron chi connectivity index (χ2n) is 4.41. The van der Waals surface area contributed by atoms with Crippen molar-refractivity contribution in [1.29, 1.82) is 0 Å². The lowest BCUT2D eigenvalue weighted by atomic mass is 10.1. The predicted octanol–water partition coefficient (Wildman–Crippen LogP) is 0.237. The molecule has 0 radical (unpaired) electrons. The number of hydrogen-bond acceptors (Lipinski definition) is 3. The van der Waals surface area contributed by atoms with Gasteiger partial charge in [0, 0.05) is 18.3 Å². The van der Waals surface area contributed by atoms with Gasteiger partial charge in [-0.1, -0.05) is 0 Å². The van der Waals surface area contributed by atoms with Crippen LogP contribution in [0.3, 0.4) is 0 Å². The standard InChI is InChI=1S/C10H18N4O2S/c1-8-9(7-11-13-8)3-2-6-12-17(15,16)14-10-4-5-10/h7,10,12,14H,2-6H2,1H3,(H,11,13). The van der Waals surface area contributed by atoms with Gasteiger partial charge >= 0.3 is 0 Å². The Balaban J connectivity index is 1.67. The molecule has 96 valence electrons. The van der Waals surface area contributed by atoms with Crippen LogP contribution in [0.25, 0.3) is 0 Å². The Bertz CT molecular complexity index is 464. The number of aryl methyl sites for hydroxylation is 2. The van der Waals surface area contributed by atoms with Crippen molar-refractivity contribution in [2.45, 2.75) is 38.6 Å². The quantitative estimate of drug-likeness (QED) is 0.612. The third-order valence-electron chi connectivity index (χ3n) is 2.75. The summed E-state index contributed by atoms with van der Waals surface area (Å²) in [4.78, 5) is 0. The molecule has 1 heterocycles. The lowest BCUT2D eigenvalue weighted by Gasteiger charge is -2.06. The molecule has 1 saturated carbocycles. The molecule has 2 rings (SSSR count). The van der Waals surface area contributed by atoms with Crippen LogP contribution >= 0.6 is 0 Å². The minimum atomic E-state index is -3.29. The zero-order valence-electron chi connectivity index (χ0n) is 9.86. The zero-order chi connectivity index (χ0) is 12.3. The monoisotopic (exact) mass is 258 g/mol. The molecular weight excluding hydrogens is 240 g/mol. The summed E-state index contributed by atoms with van der Waals surface area (Å²) >= 11 is 0. The Kier molecular flexibility index (Phi) is 3.80. The molecule has 0 aliphatic heterocycles. The first-order chi connectivity index (χ1) is 8.07. The molecule has 1 aliphatic carbocycles. The van der Waals surface area contributed by atoms with Crippen LogP contribution in [0.4, 0.5) is 0 Å². The number of H-pyrrole nitrogens is 1. The van der Waals surface area contributed by atoms with E-state index >= 15 is 0 Å². The van der Waals surface area contributed by atoms with Gasteiger partial charge in [0.05, 0.1) is 6.20 Å². The fraction of sp³-hybridized carbons (Fsp3) is 0.700. The molecule has 1 aromatic heterocycles. The molecular formula is C10H18N4O2S. The van der Waals surface area contributed by atoms with Crippen LogP contribution in [-0.2, 0) is 16.6 Å². The number of aromatic amines is 1. The number of rotatable bonds is 7. The Labute approximate surface area is 101 Å². The molecule has 1 aliphatic rings. The molecule has 0 amide bonds. The molecule has 7 heteroatoms. The summed E-state index contributed by atoms with van der Waals surface area (Å²) in [6, 6.07) is 0.156. The van der Waals surface area contributed by atoms with Gasteiger partial charge in [0.2, 0.25) is 0 Å². The predicted molar refractivity (Wildman–Crippen MR) is 64.7 cm³/mol. The van der Waals surface area contributed by atoms with Gasteiger partial charge in [0.15, 0.2) is 0 Å². The Morgan fingerprint density at radius 2 is 2.29 bits per heavy atom. The summed E-state index contributed by atoms with van der Waals surface area (Å²) in [5.41, 5.74) is 2.18. The van der Waals surface area contributed by atoms with Crippen molar-refractivity contribution in [3.8, 4) is 0 Å². The molecule has 0 spiro atoms. The van der Waals surface area contributed by atoms with Gasteiger partial charge < -0.3 is 0 Å². The highest BCUT2D eigenvalue weighted by atomic mass is 32.2. The highest BCUT2D eigenvalue weighted by Crippen LogP contribution is 2.19. The Morgan fingerprint density at radius 1 is 1.53 bits per heavy atom. The van der Waals surface area contributed by atoms with E-state index in [4.69, 9.17) is 0 Å². The van der Waals surface area contributed by atoms with E-state index < -0.39 is 10.2 Å². The number of hydrogen-bond donors (Lipinski definition) is 3. The van der Waals surface area contributed by atoms with E-state index in [0.29, 0.717) is 6.54 Å². The van der Waals surface area contributed by atoms with E-state index in [1.54, 1.807) is 6.20 Å². The van der Waals surface area contributed by atoms with E-state index in [9.17, 15) is 8.42 Å². The summed E-state index contributed by atoms with van der Waals surface area (Å²) in [5.74, 6) is 0. The third kappa shape index (κ3) is 4.10. The Morgan fingerprint density at radius 3 is 2.88 bits per heavy atom.